The van der Waals surface area contributed by atoms with Crippen molar-refractivity contribution in [1.29, 1.82) is 0 Å². The van der Waals surface area contributed by atoms with Gasteiger partial charge in [0.25, 0.3) is 0 Å². The molecule has 2 saturated heterocycles. The van der Waals surface area contributed by atoms with Gasteiger partial charge in [0.15, 0.2) is 0 Å². The number of nitrogens with one attached hydrogen (secondary N) is 1. The lowest BCUT2D eigenvalue weighted by atomic mass is 9.68. The van der Waals surface area contributed by atoms with E-state index in [2.05, 4.69) is 32.2 Å². The monoisotopic (exact) mass is 422 g/mol. The van der Waals surface area contributed by atoms with E-state index >= 15 is 0 Å². The standard InChI is InChI=1S/C23H38N2O5/c1-14(2)5-10-18-22(3,30-18)20-19(27-4)17(11-12-23(20)13-28-23)29-21(26)25-16-8-6-15(24)7-9-16/h5,15-20H,6-13,24H2,1-4H3,(H,25,26)/t15-,16-,17?,18-,19?,20?,22?,23+/m1/s1. The molecule has 4 fully saturated rings. The van der Waals surface area contributed by atoms with Crippen LogP contribution in [0.5, 0.6) is 0 Å². The summed E-state index contributed by atoms with van der Waals surface area (Å²) >= 11 is 0. The summed E-state index contributed by atoms with van der Waals surface area (Å²) in [6, 6.07) is 0.401. The van der Waals surface area contributed by atoms with E-state index in [4.69, 9.17) is 24.7 Å². The summed E-state index contributed by atoms with van der Waals surface area (Å²) in [4.78, 5) is 12.6. The van der Waals surface area contributed by atoms with Crippen LogP contribution in [0.4, 0.5) is 4.79 Å². The van der Waals surface area contributed by atoms with Crippen molar-refractivity contribution in [2.75, 3.05) is 13.7 Å². The van der Waals surface area contributed by atoms with Crippen molar-refractivity contribution in [2.45, 2.75) is 107 Å². The van der Waals surface area contributed by atoms with Crippen LogP contribution in [0.25, 0.3) is 0 Å². The molecule has 1 amide bonds. The fourth-order valence-electron chi connectivity index (χ4n) is 5.67. The van der Waals surface area contributed by atoms with Crippen LogP contribution >= 0.6 is 0 Å². The lowest BCUT2D eigenvalue weighted by Gasteiger charge is -2.42. The number of nitrogens with two attached hydrogens (primary N) is 1. The maximum Gasteiger partial charge on any atom is 0.407 e. The molecule has 4 aliphatic rings. The molecular weight excluding hydrogens is 384 g/mol. The first kappa shape index (κ1) is 22.1. The first-order valence-electron chi connectivity index (χ1n) is 11.5. The topological polar surface area (TPSA) is 98.6 Å². The van der Waals surface area contributed by atoms with Crippen molar-refractivity contribution in [3.63, 3.8) is 0 Å². The molecule has 4 unspecified atom stereocenters. The van der Waals surface area contributed by atoms with Gasteiger partial charge in [0.05, 0.1) is 18.6 Å². The Morgan fingerprint density at radius 2 is 1.93 bits per heavy atom. The van der Waals surface area contributed by atoms with Crippen LogP contribution < -0.4 is 11.1 Å². The molecule has 2 aliphatic carbocycles. The largest absolute Gasteiger partial charge is 0.443 e. The second-order valence-electron chi connectivity index (χ2n) is 10.1. The van der Waals surface area contributed by atoms with Crippen molar-refractivity contribution in [3.05, 3.63) is 11.6 Å². The number of methoxy groups -OCH3 is 1. The summed E-state index contributed by atoms with van der Waals surface area (Å²) < 4.78 is 24.0. The van der Waals surface area contributed by atoms with E-state index in [0.29, 0.717) is 0 Å². The van der Waals surface area contributed by atoms with Gasteiger partial charge in [-0.05, 0) is 65.7 Å². The highest BCUT2D eigenvalue weighted by molar-refractivity contribution is 5.68. The number of carbonyl (C=O) groups is 1. The molecule has 4 rings (SSSR count). The number of alkyl carbamates (subject to hydrolysis) is 1. The zero-order valence-corrected chi connectivity index (χ0v) is 18.8. The van der Waals surface area contributed by atoms with Crippen LogP contribution in [0, 0.1) is 5.92 Å². The van der Waals surface area contributed by atoms with Crippen molar-refractivity contribution < 1.29 is 23.7 Å². The number of amides is 1. The molecule has 3 N–H and O–H groups in total. The van der Waals surface area contributed by atoms with Gasteiger partial charge in [0.1, 0.15) is 23.4 Å². The van der Waals surface area contributed by atoms with Crippen LogP contribution in [0.2, 0.25) is 0 Å². The minimum Gasteiger partial charge on any atom is -0.443 e. The molecule has 0 aromatic heterocycles. The highest BCUT2D eigenvalue weighted by Crippen LogP contribution is 2.59. The molecule has 0 radical (unpaired) electrons. The molecule has 7 nitrogen and oxygen atoms in total. The Balaban J connectivity index is 1.40. The zero-order valence-electron chi connectivity index (χ0n) is 18.8. The average Bonchev–Trinajstić information content (AvgIpc) is 3.61. The van der Waals surface area contributed by atoms with Crippen LogP contribution in [-0.4, -0.2) is 61.4 Å². The second-order valence-corrected chi connectivity index (χ2v) is 10.1. The van der Waals surface area contributed by atoms with Gasteiger partial charge in [-0.3, -0.25) is 0 Å². The third kappa shape index (κ3) is 4.40. The van der Waals surface area contributed by atoms with Gasteiger partial charge in [-0.25, -0.2) is 4.79 Å². The number of epoxide rings is 2. The van der Waals surface area contributed by atoms with E-state index < -0.39 is 0 Å². The van der Waals surface area contributed by atoms with Gasteiger partial charge in [0.2, 0.25) is 0 Å². The van der Waals surface area contributed by atoms with Crippen molar-refractivity contribution in [3.8, 4) is 0 Å². The number of ether oxygens (including phenoxy) is 4. The SMILES string of the molecule is COC1C(OC(=O)N[C@H]2CC[C@H](N)CC2)CC[C@]2(CO2)C1C1(C)O[C@@H]1CC=C(C)C. The number of hydrogen-bond donors (Lipinski definition) is 2. The average molecular weight is 423 g/mol. The van der Waals surface area contributed by atoms with E-state index in [9.17, 15) is 4.79 Å². The molecule has 170 valence electrons. The third-order valence-corrected chi connectivity index (χ3v) is 7.59. The Labute approximate surface area is 180 Å². The smallest absolute Gasteiger partial charge is 0.407 e. The van der Waals surface area contributed by atoms with Crippen LogP contribution in [0.15, 0.2) is 11.6 Å². The number of allylic oxidation sites excluding steroid dienone is 1. The maximum absolute atomic E-state index is 12.6. The minimum absolute atomic E-state index is 0.0461. The third-order valence-electron chi connectivity index (χ3n) is 7.59. The lowest BCUT2D eigenvalue weighted by molar-refractivity contribution is -0.118. The second kappa shape index (κ2) is 8.41. The molecule has 0 aromatic carbocycles. The van der Waals surface area contributed by atoms with Gasteiger partial charge in [-0.2, -0.15) is 0 Å². The number of rotatable bonds is 6. The minimum atomic E-state index is -0.350. The summed E-state index contributed by atoms with van der Waals surface area (Å²) in [6.07, 6.45) is 7.68. The molecule has 30 heavy (non-hydrogen) atoms. The van der Waals surface area contributed by atoms with E-state index in [1.165, 1.54) is 5.57 Å². The van der Waals surface area contributed by atoms with E-state index in [1.807, 2.05) is 0 Å². The van der Waals surface area contributed by atoms with E-state index in [1.54, 1.807) is 7.11 Å². The predicted molar refractivity (Wildman–Crippen MR) is 113 cm³/mol. The fourth-order valence-corrected chi connectivity index (χ4v) is 5.67. The Hall–Kier alpha value is -1.15. The van der Waals surface area contributed by atoms with Crippen molar-refractivity contribution in [2.24, 2.45) is 11.7 Å². The van der Waals surface area contributed by atoms with Crippen molar-refractivity contribution in [1.82, 2.24) is 5.32 Å². The normalized spacial score (nSPS) is 45.0. The van der Waals surface area contributed by atoms with Gasteiger partial charge >= 0.3 is 6.09 Å². The molecule has 6 atom stereocenters. The highest BCUT2D eigenvalue weighted by atomic mass is 16.6. The van der Waals surface area contributed by atoms with E-state index in [0.717, 1.165) is 51.6 Å². The Morgan fingerprint density at radius 1 is 1.23 bits per heavy atom. The van der Waals surface area contributed by atoms with Gasteiger partial charge in [-0.1, -0.05) is 11.6 Å². The Kier molecular flexibility index (Phi) is 6.19. The molecule has 0 bridgehead atoms. The first-order valence-corrected chi connectivity index (χ1v) is 11.5. The van der Waals surface area contributed by atoms with Gasteiger partial charge < -0.3 is 30.0 Å². The lowest BCUT2D eigenvalue weighted by Crippen LogP contribution is -2.56. The number of carbonyl (C=O) groups excluding carboxylic acids is 1. The fraction of sp³-hybridized carbons (Fsp3) is 0.870. The Bertz CT molecular complexity index is 667. The van der Waals surface area contributed by atoms with E-state index in [-0.39, 0.29) is 53.6 Å². The quantitative estimate of drug-likeness (QED) is 0.504. The molecular formula is C23H38N2O5. The molecule has 1 spiro atoms. The summed E-state index contributed by atoms with van der Waals surface area (Å²) in [7, 11) is 1.70. The highest BCUT2D eigenvalue weighted by Gasteiger charge is 2.72. The summed E-state index contributed by atoms with van der Waals surface area (Å²) in [5, 5.41) is 3.04. The summed E-state index contributed by atoms with van der Waals surface area (Å²) in [6.45, 7) is 7.09. The molecule has 2 heterocycles. The van der Waals surface area contributed by atoms with Crippen molar-refractivity contribution >= 4 is 6.09 Å². The molecule has 2 aliphatic heterocycles. The molecule has 2 saturated carbocycles. The van der Waals surface area contributed by atoms with Crippen LogP contribution in [0.1, 0.15) is 65.7 Å². The summed E-state index contributed by atoms with van der Waals surface area (Å²) in [5.74, 6) is 0.0461. The van der Waals surface area contributed by atoms with Gasteiger partial charge in [-0.15, -0.1) is 0 Å². The first-order chi connectivity index (χ1) is 14.3. The zero-order chi connectivity index (χ0) is 21.5. The summed E-state index contributed by atoms with van der Waals surface area (Å²) in [5.41, 5.74) is 6.74. The number of hydrogen-bond acceptors (Lipinski definition) is 6. The Morgan fingerprint density at radius 3 is 2.53 bits per heavy atom. The predicted octanol–water partition coefficient (Wildman–Crippen LogP) is 3.06. The van der Waals surface area contributed by atoms with Crippen LogP contribution in [-0.2, 0) is 18.9 Å². The molecule has 7 heteroatoms. The van der Waals surface area contributed by atoms with Crippen LogP contribution in [0.3, 0.4) is 0 Å². The van der Waals surface area contributed by atoms with Gasteiger partial charge in [0, 0.05) is 19.2 Å². The maximum atomic E-state index is 12.6. The molecule has 0 aromatic rings.